The van der Waals surface area contributed by atoms with E-state index >= 15 is 0 Å². The number of β-amino-alcohol motifs (C(OH)–C–C–N with tert-alkyl or cyclic N) is 1. The summed E-state index contributed by atoms with van der Waals surface area (Å²) < 4.78 is 30.2. The Kier molecular flexibility index (Phi) is 8.05. The van der Waals surface area contributed by atoms with Gasteiger partial charge in [0.2, 0.25) is 10.0 Å². The van der Waals surface area contributed by atoms with Crippen molar-refractivity contribution >= 4 is 21.7 Å². The number of nitrogens with one attached hydrogen (secondary N) is 2. The zero-order chi connectivity index (χ0) is 23.2. The molecular formula is C22H30N2O6S. The van der Waals surface area contributed by atoms with Gasteiger partial charge in [-0.1, -0.05) is 30.3 Å². The van der Waals surface area contributed by atoms with Crippen LogP contribution in [-0.4, -0.2) is 42.9 Å². The Balaban J connectivity index is 2.01. The third-order valence-electron chi connectivity index (χ3n) is 4.55. The van der Waals surface area contributed by atoms with Crippen molar-refractivity contribution in [3.63, 3.8) is 0 Å². The number of rotatable bonds is 10. The summed E-state index contributed by atoms with van der Waals surface area (Å²) in [4.78, 5) is 11.0. The van der Waals surface area contributed by atoms with Gasteiger partial charge in [-0.3, -0.25) is 9.52 Å². The first kappa shape index (κ1) is 24.6. The maximum absolute atomic E-state index is 11.4. The molecule has 0 fully saturated rings. The topological polar surface area (TPSA) is 125 Å². The fourth-order valence-electron chi connectivity index (χ4n) is 3.12. The Bertz CT molecular complexity index is 1020. The second-order valence-corrected chi connectivity index (χ2v) is 9.96. The van der Waals surface area contributed by atoms with Crippen LogP contribution in [-0.2, 0) is 32.6 Å². The van der Waals surface area contributed by atoms with Crippen LogP contribution < -0.4 is 10.0 Å². The van der Waals surface area contributed by atoms with Crippen molar-refractivity contribution in [3.05, 3.63) is 59.2 Å². The number of esters is 1. The highest BCUT2D eigenvalue weighted by Crippen LogP contribution is 2.28. The molecule has 0 unspecified atom stereocenters. The van der Waals surface area contributed by atoms with Gasteiger partial charge in [-0.15, -0.1) is 0 Å². The van der Waals surface area contributed by atoms with Crippen LogP contribution in [0.2, 0.25) is 0 Å². The summed E-state index contributed by atoms with van der Waals surface area (Å²) in [5.74, 6) is -0.547. The summed E-state index contributed by atoms with van der Waals surface area (Å²) in [5.41, 5.74) is 2.09. The minimum absolute atomic E-state index is 0.0166. The number of phenols is 1. The molecule has 0 amide bonds. The molecule has 0 bridgehead atoms. The van der Waals surface area contributed by atoms with Crippen molar-refractivity contribution in [1.29, 1.82) is 0 Å². The molecule has 2 aromatic rings. The summed E-state index contributed by atoms with van der Waals surface area (Å²) in [6.45, 7) is 5.83. The molecule has 31 heavy (non-hydrogen) atoms. The lowest BCUT2D eigenvalue weighted by Gasteiger charge is -2.28. The quantitative estimate of drug-likeness (QED) is 0.324. The molecule has 170 valence electrons. The smallest absolute Gasteiger partial charge is 0.302 e. The van der Waals surface area contributed by atoms with Crippen LogP contribution in [0.25, 0.3) is 0 Å². The van der Waals surface area contributed by atoms with Gasteiger partial charge in [0.05, 0.1) is 18.0 Å². The largest absolute Gasteiger partial charge is 0.506 e. The van der Waals surface area contributed by atoms with E-state index in [0.717, 1.165) is 17.4 Å². The van der Waals surface area contributed by atoms with Crippen LogP contribution in [0.4, 0.5) is 5.69 Å². The fraction of sp³-hybridized carbons (Fsp3) is 0.409. The van der Waals surface area contributed by atoms with Gasteiger partial charge >= 0.3 is 5.97 Å². The summed E-state index contributed by atoms with van der Waals surface area (Å²) in [6, 6.07) is 12.1. The summed E-state index contributed by atoms with van der Waals surface area (Å²) in [6.07, 6.45) is 0.751. The average Bonchev–Trinajstić information content (AvgIpc) is 2.65. The third kappa shape index (κ3) is 8.56. The van der Waals surface area contributed by atoms with Gasteiger partial charge in [0.25, 0.3) is 0 Å². The monoisotopic (exact) mass is 450 g/mol. The predicted octanol–water partition coefficient (Wildman–Crippen LogP) is 2.47. The zero-order valence-electron chi connectivity index (χ0n) is 18.2. The molecule has 0 radical (unpaired) electrons. The lowest BCUT2D eigenvalue weighted by atomic mass is 9.93. The molecule has 0 saturated heterocycles. The van der Waals surface area contributed by atoms with Crippen LogP contribution in [0.1, 0.15) is 43.6 Å². The molecule has 2 aromatic carbocycles. The SMILES string of the molecule is CC(=O)OCc1cccc(CC(C)(C)NC[C@H](O)c2ccc(O)c(NS(C)(=O)=O)c2)c1. The van der Waals surface area contributed by atoms with Crippen molar-refractivity contribution in [1.82, 2.24) is 5.32 Å². The Hall–Kier alpha value is -2.62. The van der Waals surface area contributed by atoms with E-state index in [2.05, 4.69) is 10.0 Å². The van der Waals surface area contributed by atoms with Gasteiger partial charge in [-0.2, -0.15) is 0 Å². The van der Waals surface area contributed by atoms with Gasteiger partial charge < -0.3 is 20.3 Å². The first-order valence-corrected chi connectivity index (χ1v) is 11.7. The second kappa shape index (κ2) is 10.1. The number of benzene rings is 2. The van der Waals surface area contributed by atoms with E-state index in [1.165, 1.54) is 19.1 Å². The fourth-order valence-corrected chi connectivity index (χ4v) is 3.68. The summed E-state index contributed by atoms with van der Waals surface area (Å²) in [5, 5.41) is 23.7. The van der Waals surface area contributed by atoms with Crippen LogP contribution in [0.15, 0.2) is 42.5 Å². The number of ether oxygens (including phenoxy) is 1. The second-order valence-electron chi connectivity index (χ2n) is 8.21. The van der Waals surface area contributed by atoms with Crippen molar-refractivity contribution in [3.8, 4) is 5.75 Å². The molecule has 1 atom stereocenters. The van der Waals surface area contributed by atoms with Gasteiger partial charge in [0.1, 0.15) is 12.4 Å². The van der Waals surface area contributed by atoms with Gasteiger partial charge in [0.15, 0.2) is 0 Å². The standard InChI is InChI=1S/C22H30N2O6S/c1-15(25)30-14-17-7-5-6-16(10-17)12-22(2,3)23-13-21(27)18-8-9-20(26)19(11-18)24-31(4,28)29/h5-11,21,23-24,26-27H,12-14H2,1-4H3/t21-/m0/s1. The van der Waals surface area contributed by atoms with Crippen LogP contribution in [0.5, 0.6) is 5.75 Å². The number of carbonyl (C=O) groups excluding carboxylic acids is 1. The highest BCUT2D eigenvalue weighted by atomic mass is 32.2. The Morgan fingerprint density at radius 2 is 1.84 bits per heavy atom. The van der Waals surface area contributed by atoms with E-state index in [0.29, 0.717) is 12.0 Å². The van der Waals surface area contributed by atoms with E-state index in [-0.39, 0.29) is 36.1 Å². The highest BCUT2D eigenvalue weighted by Gasteiger charge is 2.21. The van der Waals surface area contributed by atoms with E-state index in [1.807, 2.05) is 38.1 Å². The predicted molar refractivity (Wildman–Crippen MR) is 119 cm³/mol. The van der Waals surface area contributed by atoms with Gasteiger partial charge in [0, 0.05) is 19.0 Å². The molecule has 4 N–H and O–H groups in total. The van der Waals surface area contributed by atoms with Gasteiger partial charge in [-0.25, -0.2) is 8.42 Å². The maximum atomic E-state index is 11.4. The molecule has 0 heterocycles. The molecule has 0 aliphatic carbocycles. The molecule has 0 spiro atoms. The lowest BCUT2D eigenvalue weighted by Crippen LogP contribution is -2.43. The lowest BCUT2D eigenvalue weighted by molar-refractivity contribution is -0.142. The number of aromatic hydroxyl groups is 1. The number of hydrogen-bond acceptors (Lipinski definition) is 7. The number of aliphatic hydroxyl groups excluding tert-OH is 1. The number of carbonyl (C=O) groups is 1. The molecular weight excluding hydrogens is 420 g/mol. The minimum atomic E-state index is -3.56. The Morgan fingerprint density at radius 3 is 2.48 bits per heavy atom. The van der Waals surface area contributed by atoms with E-state index in [1.54, 1.807) is 6.07 Å². The van der Waals surface area contributed by atoms with E-state index in [9.17, 15) is 23.4 Å². The number of phenolic OH excluding ortho intramolecular Hbond substituents is 1. The average molecular weight is 451 g/mol. The molecule has 0 saturated carbocycles. The van der Waals surface area contributed by atoms with Crippen molar-refractivity contribution in [2.24, 2.45) is 0 Å². The van der Waals surface area contributed by atoms with Crippen molar-refractivity contribution in [2.45, 2.75) is 45.4 Å². The van der Waals surface area contributed by atoms with Crippen molar-refractivity contribution < 1.29 is 28.2 Å². The first-order chi connectivity index (χ1) is 14.3. The first-order valence-electron chi connectivity index (χ1n) is 9.79. The molecule has 8 nitrogen and oxygen atoms in total. The molecule has 0 aliphatic heterocycles. The maximum Gasteiger partial charge on any atom is 0.302 e. The van der Waals surface area contributed by atoms with Gasteiger partial charge in [-0.05, 0) is 49.1 Å². The summed E-state index contributed by atoms with van der Waals surface area (Å²) in [7, 11) is -3.56. The Labute approximate surface area is 183 Å². The third-order valence-corrected chi connectivity index (χ3v) is 5.14. The number of hydrogen-bond donors (Lipinski definition) is 4. The normalized spacial score (nSPS) is 12.9. The van der Waals surface area contributed by atoms with E-state index < -0.39 is 16.1 Å². The molecule has 0 aromatic heterocycles. The van der Waals surface area contributed by atoms with Crippen molar-refractivity contribution in [2.75, 3.05) is 17.5 Å². The number of aliphatic hydroxyl groups is 1. The molecule has 0 aliphatic rings. The van der Waals surface area contributed by atoms with Crippen LogP contribution >= 0.6 is 0 Å². The van der Waals surface area contributed by atoms with Crippen LogP contribution in [0.3, 0.4) is 0 Å². The number of anilines is 1. The molecule has 9 heteroatoms. The van der Waals surface area contributed by atoms with E-state index in [4.69, 9.17) is 4.74 Å². The molecule has 2 rings (SSSR count). The number of sulfonamides is 1. The minimum Gasteiger partial charge on any atom is -0.506 e. The zero-order valence-corrected chi connectivity index (χ0v) is 19.0. The van der Waals surface area contributed by atoms with Crippen LogP contribution in [0, 0.1) is 0 Å². The highest BCUT2D eigenvalue weighted by molar-refractivity contribution is 7.92. The Morgan fingerprint density at radius 1 is 1.16 bits per heavy atom. The summed E-state index contributed by atoms with van der Waals surface area (Å²) >= 11 is 0.